The molecule has 60 valence electrons. The smallest absolute Gasteiger partial charge is 0.0956 e. The van der Waals surface area contributed by atoms with Gasteiger partial charge in [0.2, 0.25) is 0 Å². The highest BCUT2D eigenvalue weighted by atomic mass is 16.3. The molecule has 1 saturated carbocycles. The Hall–Kier alpha value is -0.720. The van der Waals surface area contributed by atoms with E-state index in [0.29, 0.717) is 11.7 Å². The molecular weight excluding hydrogens is 136 g/mol. The number of allylic oxidation sites excluding steroid dienone is 4. The summed E-state index contributed by atoms with van der Waals surface area (Å²) in [7, 11) is 0. The van der Waals surface area contributed by atoms with Crippen molar-refractivity contribution in [3.8, 4) is 0 Å². The van der Waals surface area contributed by atoms with Crippen LogP contribution < -0.4 is 0 Å². The van der Waals surface area contributed by atoms with Gasteiger partial charge in [-0.15, -0.1) is 0 Å². The molecule has 0 amide bonds. The maximum absolute atomic E-state index is 9.46. The molecule has 0 radical (unpaired) electrons. The van der Waals surface area contributed by atoms with Crippen molar-refractivity contribution in [1.82, 2.24) is 0 Å². The van der Waals surface area contributed by atoms with E-state index in [4.69, 9.17) is 0 Å². The second-order valence-electron chi connectivity index (χ2n) is 3.63. The third-order valence-electron chi connectivity index (χ3n) is 2.56. The molecule has 0 bridgehead atoms. The normalized spacial score (nSPS) is 30.2. The summed E-state index contributed by atoms with van der Waals surface area (Å²) >= 11 is 0. The molecule has 1 fully saturated rings. The predicted octanol–water partition coefficient (Wildman–Crippen LogP) is 2.80. The lowest BCUT2D eigenvalue weighted by atomic mass is 9.93. The molecular formula is C10H14O. The molecule has 0 aliphatic heterocycles. The summed E-state index contributed by atoms with van der Waals surface area (Å²) in [4.78, 5) is 0. The molecule has 2 rings (SSSR count). The standard InChI is InChI=1S/C10H14O/c11-10-4-2-1-3-9(10)7-8-5-6-8/h1-2,4,8-9,11H,3,5-7H2. The van der Waals surface area contributed by atoms with E-state index in [1.165, 1.54) is 19.3 Å². The number of rotatable bonds is 2. The first kappa shape index (κ1) is 6.96. The van der Waals surface area contributed by atoms with Crippen LogP contribution in [0.5, 0.6) is 0 Å². The van der Waals surface area contributed by atoms with E-state index in [-0.39, 0.29) is 0 Å². The van der Waals surface area contributed by atoms with Crippen LogP contribution in [0.4, 0.5) is 0 Å². The minimum atomic E-state index is 0.437. The van der Waals surface area contributed by atoms with Gasteiger partial charge in [0.15, 0.2) is 0 Å². The lowest BCUT2D eigenvalue weighted by Gasteiger charge is -2.15. The summed E-state index contributed by atoms with van der Waals surface area (Å²) in [5, 5.41) is 9.46. The van der Waals surface area contributed by atoms with Crippen LogP contribution in [-0.4, -0.2) is 5.11 Å². The third kappa shape index (κ3) is 1.65. The van der Waals surface area contributed by atoms with Gasteiger partial charge in [-0.1, -0.05) is 25.0 Å². The Labute approximate surface area is 67.4 Å². The first-order valence-electron chi connectivity index (χ1n) is 4.42. The average molecular weight is 150 g/mol. The summed E-state index contributed by atoms with van der Waals surface area (Å²) < 4.78 is 0. The first-order valence-corrected chi connectivity index (χ1v) is 4.42. The van der Waals surface area contributed by atoms with Crippen LogP contribution in [0.1, 0.15) is 25.7 Å². The zero-order chi connectivity index (χ0) is 7.68. The van der Waals surface area contributed by atoms with E-state index < -0.39 is 0 Å². The van der Waals surface area contributed by atoms with Gasteiger partial charge in [-0.3, -0.25) is 0 Å². The van der Waals surface area contributed by atoms with Crippen molar-refractivity contribution in [3.05, 3.63) is 24.0 Å². The molecule has 1 nitrogen and oxygen atoms in total. The quantitative estimate of drug-likeness (QED) is 0.641. The average Bonchev–Trinajstić information content (AvgIpc) is 2.78. The van der Waals surface area contributed by atoms with Gasteiger partial charge in [0, 0.05) is 5.92 Å². The molecule has 0 saturated heterocycles. The molecule has 1 heteroatoms. The first-order chi connectivity index (χ1) is 5.36. The fourth-order valence-corrected chi connectivity index (χ4v) is 1.64. The SMILES string of the molecule is OC1=CC=CCC1CC1CC1. The monoisotopic (exact) mass is 150 g/mol. The Balaban J connectivity index is 1.92. The van der Waals surface area contributed by atoms with Crippen LogP contribution in [0, 0.1) is 11.8 Å². The van der Waals surface area contributed by atoms with Crippen LogP contribution in [0.3, 0.4) is 0 Å². The molecule has 2 aliphatic rings. The molecule has 2 aliphatic carbocycles. The Kier molecular flexibility index (Phi) is 1.72. The van der Waals surface area contributed by atoms with Crippen LogP contribution >= 0.6 is 0 Å². The van der Waals surface area contributed by atoms with Crippen molar-refractivity contribution < 1.29 is 5.11 Å². The minimum Gasteiger partial charge on any atom is -0.512 e. The lowest BCUT2D eigenvalue weighted by Crippen LogP contribution is -2.06. The zero-order valence-electron chi connectivity index (χ0n) is 6.66. The molecule has 0 aromatic heterocycles. The molecule has 1 atom stereocenters. The zero-order valence-corrected chi connectivity index (χ0v) is 6.66. The van der Waals surface area contributed by atoms with E-state index in [2.05, 4.69) is 6.08 Å². The van der Waals surface area contributed by atoms with E-state index in [0.717, 1.165) is 12.3 Å². The minimum absolute atomic E-state index is 0.437. The van der Waals surface area contributed by atoms with Gasteiger partial charge < -0.3 is 5.11 Å². The number of aliphatic hydroxyl groups is 1. The van der Waals surface area contributed by atoms with Crippen molar-refractivity contribution >= 4 is 0 Å². The molecule has 1 unspecified atom stereocenters. The highest BCUT2D eigenvalue weighted by Gasteiger charge is 2.27. The summed E-state index contributed by atoms with van der Waals surface area (Å²) in [6, 6.07) is 0. The van der Waals surface area contributed by atoms with Gasteiger partial charge in [0.1, 0.15) is 0 Å². The van der Waals surface area contributed by atoms with Crippen LogP contribution in [0.2, 0.25) is 0 Å². The maximum atomic E-state index is 9.46. The van der Waals surface area contributed by atoms with E-state index >= 15 is 0 Å². The van der Waals surface area contributed by atoms with Gasteiger partial charge in [-0.05, 0) is 24.8 Å². The van der Waals surface area contributed by atoms with Gasteiger partial charge in [-0.2, -0.15) is 0 Å². The fourth-order valence-electron chi connectivity index (χ4n) is 1.64. The predicted molar refractivity (Wildman–Crippen MR) is 45.3 cm³/mol. The fraction of sp³-hybridized carbons (Fsp3) is 0.600. The number of aliphatic hydroxyl groups excluding tert-OH is 1. The molecule has 1 N–H and O–H groups in total. The Morgan fingerprint density at radius 3 is 2.91 bits per heavy atom. The third-order valence-corrected chi connectivity index (χ3v) is 2.56. The van der Waals surface area contributed by atoms with E-state index in [1.807, 2.05) is 12.2 Å². The summed E-state index contributed by atoms with van der Waals surface area (Å²) in [5.74, 6) is 1.95. The summed E-state index contributed by atoms with van der Waals surface area (Å²) in [6.07, 6.45) is 10.9. The van der Waals surface area contributed by atoms with E-state index in [9.17, 15) is 5.11 Å². The van der Waals surface area contributed by atoms with Crippen molar-refractivity contribution in [2.75, 3.05) is 0 Å². The molecule has 0 spiro atoms. The number of hydrogen-bond acceptors (Lipinski definition) is 1. The van der Waals surface area contributed by atoms with Crippen LogP contribution in [-0.2, 0) is 0 Å². The molecule has 11 heavy (non-hydrogen) atoms. The Morgan fingerprint density at radius 1 is 1.45 bits per heavy atom. The largest absolute Gasteiger partial charge is 0.512 e. The molecule has 0 aromatic rings. The van der Waals surface area contributed by atoms with Crippen LogP contribution in [0.15, 0.2) is 24.0 Å². The second-order valence-corrected chi connectivity index (χ2v) is 3.63. The van der Waals surface area contributed by atoms with Gasteiger partial charge >= 0.3 is 0 Å². The van der Waals surface area contributed by atoms with Gasteiger partial charge in [-0.25, -0.2) is 0 Å². The summed E-state index contributed by atoms with van der Waals surface area (Å²) in [5.41, 5.74) is 0. The Morgan fingerprint density at radius 2 is 2.27 bits per heavy atom. The highest BCUT2D eigenvalue weighted by Crippen LogP contribution is 2.38. The lowest BCUT2D eigenvalue weighted by molar-refractivity contribution is 0.309. The molecule has 0 heterocycles. The van der Waals surface area contributed by atoms with Crippen molar-refractivity contribution in [2.45, 2.75) is 25.7 Å². The molecule has 0 aromatic carbocycles. The van der Waals surface area contributed by atoms with E-state index in [1.54, 1.807) is 0 Å². The highest BCUT2D eigenvalue weighted by molar-refractivity contribution is 5.15. The van der Waals surface area contributed by atoms with Gasteiger partial charge in [0.25, 0.3) is 0 Å². The topological polar surface area (TPSA) is 20.2 Å². The van der Waals surface area contributed by atoms with Crippen molar-refractivity contribution in [1.29, 1.82) is 0 Å². The second kappa shape index (κ2) is 2.72. The van der Waals surface area contributed by atoms with Gasteiger partial charge in [0.05, 0.1) is 5.76 Å². The maximum Gasteiger partial charge on any atom is 0.0956 e. The van der Waals surface area contributed by atoms with Crippen LogP contribution in [0.25, 0.3) is 0 Å². The number of hydrogen-bond donors (Lipinski definition) is 1. The van der Waals surface area contributed by atoms with Crippen molar-refractivity contribution in [2.24, 2.45) is 11.8 Å². The summed E-state index contributed by atoms with van der Waals surface area (Å²) in [6.45, 7) is 0. The van der Waals surface area contributed by atoms with Crippen molar-refractivity contribution in [3.63, 3.8) is 0 Å². The Bertz CT molecular complexity index is 199.